The van der Waals surface area contributed by atoms with Crippen molar-refractivity contribution in [1.29, 1.82) is 0 Å². The van der Waals surface area contributed by atoms with Crippen LogP contribution in [0, 0.1) is 5.92 Å². The standard InChI is InChI=1S/C27H32N2O6/c1-16-14-18(26(31)32)12-13-29(16)25(30)24(17(2)34-3)28-27(33)35-15-23-21-10-6-4-8-19(21)20-9-5-7-11-22(20)23/h4-11,16-18,23-24H,12-15H2,1-3H3,(H,28,33)(H,31,32)/t16-,17?,18-,24?/m0/s1. The number of carboxylic acid groups (broad SMARTS) is 1. The number of aliphatic carboxylic acids is 1. The lowest BCUT2D eigenvalue weighted by Gasteiger charge is -2.39. The SMILES string of the molecule is COC(C)C(NC(=O)OCC1c2ccccc2-c2ccccc21)C(=O)N1CC[C@H](C(=O)O)C[C@@H]1C. The van der Waals surface area contributed by atoms with Crippen molar-refractivity contribution >= 4 is 18.0 Å². The van der Waals surface area contributed by atoms with Crippen molar-refractivity contribution in [3.8, 4) is 11.1 Å². The largest absolute Gasteiger partial charge is 0.481 e. The molecule has 35 heavy (non-hydrogen) atoms. The van der Waals surface area contributed by atoms with E-state index in [-0.39, 0.29) is 24.5 Å². The summed E-state index contributed by atoms with van der Waals surface area (Å²) in [4.78, 5) is 39.1. The average Bonchev–Trinajstić information content (AvgIpc) is 3.18. The van der Waals surface area contributed by atoms with Gasteiger partial charge in [0.15, 0.2) is 0 Å². The highest BCUT2D eigenvalue weighted by molar-refractivity contribution is 5.87. The maximum atomic E-state index is 13.3. The van der Waals surface area contributed by atoms with Gasteiger partial charge in [-0.2, -0.15) is 0 Å². The predicted octanol–water partition coefficient (Wildman–Crippen LogP) is 3.64. The van der Waals surface area contributed by atoms with E-state index in [2.05, 4.69) is 17.4 Å². The number of nitrogens with zero attached hydrogens (tertiary/aromatic N) is 1. The van der Waals surface area contributed by atoms with Crippen molar-refractivity contribution in [2.75, 3.05) is 20.3 Å². The highest BCUT2D eigenvalue weighted by atomic mass is 16.5. The lowest BCUT2D eigenvalue weighted by Crippen LogP contribution is -2.58. The van der Waals surface area contributed by atoms with Crippen LogP contribution in [0.4, 0.5) is 4.79 Å². The van der Waals surface area contributed by atoms with E-state index >= 15 is 0 Å². The molecule has 8 heteroatoms. The van der Waals surface area contributed by atoms with E-state index in [0.29, 0.717) is 19.4 Å². The molecule has 2 aromatic carbocycles. The van der Waals surface area contributed by atoms with Crippen LogP contribution in [0.1, 0.15) is 43.7 Å². The number of nitrogens with one attached hydrogen (secondary N) is 1. The van der Waals surface area contributed by atoms with E-state index in [1.165, 1.54) is 7.11 Å². The molecule has 1 saturated heterocycles. The van der Waals surface area contributed by atoms with Crippen molar-refractivity contribution in [2.24, 2.45) is 5.92 Å². The summed E-state index contributed by atoms with van der Waals surface area (Å²) in [7, 11) is 1.48. The first-order valence-electron chi connectivity index (χ1n) is 12.0. The summed E-state index contributed by atoms with van der Waals surface area (Å²) < 4.78 is 11.0. The van der Waals surface area contributed by atoms with Crippen LogP contribution in [0.3, 0.4) is 0 Å². The molecule has 0 bridgehead atoms. The van der Waals surface area contributed by atoms with Gasteiger partial charge in [0, 0.05) is 25.6 Å². The van der Waals surface area contributed by atoms with Crippen LogP contribution in [0.15, 0.2) is 48.5 Å². The van der Waals surface area contributed by atoms with E-state index in [4.69, 9.17) is 9.47 Å². The third-order valence-corrected chi connectivity index (χ3v) is 7.23. The molecule has 1 aliphatic heterocycles. The van der Waals surface area contributed by atoms with Crippen molar-refractivity contribution in [3.63, 3.8) is 0 Å². The van der Waals surface area contributed by atoms with Gasteiger partial charge in [-0.15, -0.1) is 0 Å². The van der Waals surface area contributed by atoms with Gasteiger partial charge < -0.3 is 24.8 Å². The smallest absolute Gasteiger partial charge is 0.407 e. The zero-order valence-corrected chi connectivity index (χ0v) is 20.3. The quantitative estimate of drug-likeness (QED) is 0.627. The summed E-state index contributed by atoms with van der Waals surface area (Å²) in [6.07, 6.45) is -0.528. The number of benzene rings is 2. The molecule has 2 aliphatic rings. The fourth-order valence-electron chi connectivity index (χ4n) is 5.19. The molecule has 0 radical (unpaired) electrons. The number of piperidine rings is 1. The molecule has 2 amide bonds. The van der Waals surface area contributed by atoms with Crippen molar-refractivity contribution < 1.29 is 29.0 Å². The third kappa shape index (κ3) is 5.03. The molecule has 4 rings (SSSR count). The van der Waals surface area contributed by atoms with Crippen LogP contribution in [0.5, 0.6) is 0 Å². The summed E-state index contributed by atoms with van der Waals surface area (Å²) in [5.41, 5.74) is 4.48. The van der Waals surface area contributed by atoms with Crippen LogP contribution in [0.2, 0.25) is 0 Å². The molecular weight excluding hydrogens is 448 g/mol. The van der Waals surface area contributed by atoms with Crippen molar-refractivity contribution in [3.05, 3.63) is 59.7 Å². The van der Waals surface area contributed by atoms with Gasteiger partial charge in [-0.05, 0) is 48.9 Å². The Morgan fingerprint density at radius 3 is 2.23 bits per heavy atom. The Labute approximate surface area is 205 Å². The molecule has 2 unspecified atom stereocenters. The van der Waals surface area contributed by atoms with Crippen LogP contribution in [-0.4, -0.2) is 66.4 Å². The van der Waals surface area contributed by atoms with Gasteiger partial charge in [-0.25, -0.2) is 4.79 Å². The summed E-state index contributed by atoms with van der Waals surface area (Å²) in [6, 6.07) is 15.0. The van der Waals surface area contributed by atoms with Gasteiger partial charge in [0.05, 0.1) is 12.0 Å². The molecular formula is C27H32N2O6. The Kier molecular flexibility index (Phi) is 7.40. The number of likely N-dealkylation sites (tertiary alicyclic amines) is 1. The number of carbonyl (C=O) groups excluding carboxylic acids is 2. The molecule has 0 spiro atoms. The van der Waals surface area contributed by atoms with Crippen molar-refractivity contribution in [1.82, 2.24) is 10.2 Å². The van der Waals surface area contributed by atoms with Gasteiger partial charge in [0.2, 0.25) is 5.91 Å². The maximum Gasteiger partial charge on any atom is 0.407 e. The minimum Gasteiger partial charge on any atom is -0.481 e. The Morgan fingerprint density at radius 2 is 1.69 bits per heavy atom. The van der Waals surface area contributed by atoms with E-state index < -0.39 is 30.1 Å². The molecule has 8 nitrogen and oxygen atoms in total. The van der Waals surface area contributed by atoms with E-state index in [1.807, 2.05) is 43.3 Å². The molecule has 4 atom stereocenters. The summed E-state index contributed by atoms with van der Waals surface area (Å²) in [6.45, 7) is 3.99. The number of carboxylic acids is 1. The van der Waals surface area contributed by atoms with E-state index in [1.54, 1.807) is 11.8 Å². The number of methoxy groups -OCH3 is 1. The molecule has 1 heterocycles. The summed E-state index contributed by atoms with van der Waals surface area (Å²) >= 11 is 0. The average molecular weight is 481 g/mol. The molecule has 0 aromatic heterocycles. The summed E-state index contributed by atoms with van der Waals surface area (Å²) in [5.74, 6) is -1.70. The van der Waals surface area contributed by atoms with Crippen LogP contribution in [0.25, 0.3) is 11.1 Å². The Balaban J connectivity index is 1.43. The highest BCUT2D eigenvalue weighted by Crippen LogP contribution is 2.44. The highest BCUT2D eigenvalue weighted by Gasteiger charge is 2.38. The first kappa shape index (κ1) is 24.7. The molecule has 186 valence electrons. The number of amides is 2. The maximum absolute atomic E-state index is 13.3. The number of fused-ring (bicyclic) bond motifs is 3. The zero-order chi connectivity index (χ0) is 25.1. The molecule has 1 aliphatic carbocycles. The third-order valence-electron chi connectivity index (χ3n) is 7.23. The second kappa shape index (κ2) is 10.5. The number of ether oxygens (including phenoxy) is 2. The molecule has 0 saturated carbocycles. The zero-order valence-electron chi connectivity index (χ0n) is 20.3. The number of hydrogen-bond donors (Lipinski definition) is 2. The van der Waals surface area contributed by atoms with Crippen LogP contribution in [-0.2, 0) is 19.1 Å². The first-order valence-corrected chi connectivity index (χ1v) is 12.0. The van der Waals surface area contributed by atoms with Gasteiger partial charge >= 0.3 is 12.1 Å². The monoisotopic (exact) mass is 480 g/mol. The number of rotatable bonds is 7. The van der Waals surface area contributed by atoms with Crippen LogP contribution < -0.4 is 5.32 Å². The second-order valence-electron chi connectivity index (χ2n) is 9.33. The lowest BCUT2D eigenvalue weighted by molar-refractivity contribution is -0.149. The normalized spacial score (nSPS) is 20.9. The van der Waals surface area contributed by atoms with Crippen LogP contribution >= 0.6 is 0 Å². The van der Waals surface area contributed by atoms with Gasteiger partial charge in [-0.1, -0.05) is 48.5 Å². The Bertz CT molecular complexity index is 1060. The number of carbonyl (C=O) groups is 3. The minimum absolute atomic E-state index is 0.0859. The van der Waals surface area contributed by atoms with E-state index in [9.17, 15) is 19.5 Å². The fraction of sp³-hybridized carbons (Fsp3) is 0.444. The van der Waals surface area contributed by atoms with Crippen molar-refractivity contribution in [2.45, 2.75) is 50.8 Å². The van der Waals surface area contributed by atoms with E-state index in [0.717, 1.165) is 22.3 Å². The first-order chi connectivity index (χ1) is 16.8. The Hall–Kier alpha value is -3.39. The molecule has 2 aromatic rings. The fourth-order valence-corrected chi connectivity index (χ4v) is 5.19. The van der Waals surface area contributed by atoms with Gasteiger partial charge in [0.25, 0.3) is 0 Å². The molecule has 2 N–H and O–H groups in total. The molecule has 1 fully saturated rings. The summed E-state index contributed by atoms with van der Waals surface area (Å²) in [5, 5.41) is 12.0. The number of hydrogen-bond acceptors (Lipinski definition) is 5. The van der Waals surface area contributed by atoms with Gasteiger partial charge in [0.1, 0.15) is 12.6 Å². The lowest BCUT2D eigenvalue weighted by atomic mass is 9.91. The van der Waals surface area contributed by atoms with Gasteiger partial charge in [-0.3, -0.25) is 9.59 Å². The minimum atomic E-state index is -0.945. The topological polar surface area (TPSA) is 105 Å². The Morgan fingerprint density at radius 1 is 1.09 bits per heavy atom. The number of alkyl carbamates (subject to hydrolysis) is 1. The predicted molar refractivity (Wildman–Crippen MR) is 130 cm³/mol. The second-order valence-corrected chi connectivity index (χ2v) is 9.33.